The van der Waals surface area contributed by atoms with Crippen LogP contribution < -0.4 is 16.3 Å². The van der Waals surface area contributed by atoms with Crippen LogP contribution in [0.1, 0.15) is 30.9 Å². The van der Waals surface area contributed by atoms with E-state index in [1.54, 1.807) is 12.1 Å². The summed E-state index contributed by atoms with van der Waals surface area (Å²) < 4.78 is 5.30. The summed E-state index contributed by atoms with van der Waals surface area (Å²) in [5.41, 5.74) is 0.391. The zero-order valence-corrected chi connectivity index (χ0v) is 15.7. The van der Waals surface area contributed by atoms with E-state index in [-0.39, 0.29) is 12.5 Å². The molecule has 0 radical (unpaired) electrons. The van der Waals surface area contributed by atoms with Crippen molar-refractivity contribution in [3.8, 4) is 0 Å². The summed E-state index contributed by atoms with van der Waals surface area (Å²) in [6.45, 7) is 3.20. The van der Waals surface area contributed by atoms with Gasteiger partial charge in [-0.1, -0.05) is 18.5 Å². The maximum absolute atomic E-state index is 13.0. The second kappa shape index (κ2) is 6.65. The standard InChI is InChI=1S/C19H20ClN3O4/c1-2-11-6-15-13(8-14(11)20)12(7-16(24)27-15)9-23-17(25)19(22-18(23)26)4-3-5-21-10-19/h6-8,21H,2-5,9-10H2,1H3,(H,22,26). The van der Waals surface area contributed by atoms with Crippen LogP contribution in [0.4, 0.5) is 4.79 Å². The van der Waals surface area contributed by atoms with Crippen LogP contribution in [-0.4, -0.2) is 35.5 Å². The molecular weight excluding hydrogens is 370 g/mol. The molecule has 27 heavy (non-hydrogen) atoms. The molecule has 2 N–H and O–H groups in total. The predicted molar refractivity (Wildman–Crippen MR) is 101 cm³/mol. The van der Waals surface area contributed by atoms with E-state index >= 15 is 0 Å². The van der Waals surface area contributed by atoms with E-state index < -0.39 is 17.2 Å². The van der Waals surface area contributed by atoms with Crippen molar-refractivity contribution >= 4 is 34.5 Å². The molecule has 7 nitrogen and oxygen atoms in total. The Morgan fingerprint density at radius 1 is 1.22 bits per heavy atom. The number of urea groups is 1. The molecule has 2 aliphatic heterocycles. The summed E-state index contributed by atoms with van der Waals surface area (Å²) in [6, 6.07) is 4.33. The van der Waals surface area contributed by atoms with E-state index in [1.165, 1.54) is 11.0 Å². The lowest BCUT2D eigenvalue weighted by atomic mass is 9.90. The number of amides is 3. The van der Waals surface area contributed by atoms with Crippen LogP contribution in [0.3, 0.4) is 0 Å². The molecule has 4 rings (SSSR count). The van der Waals surface area contributed by atoms with E-state index in [0.717, 1.165) is 18.5 Å². The molecule has 3 amide bonds. The molecule has 1 unspecified atom stereocenters. The van der Waals surface area contributed by atoms with Gasteiger partial charge in [-0.25, -0.2) is 9.59 Å². The Kier molecular flexibility index (Phi) is 4.44. The Balaban J connectivity index is 1.73. The van der Waals surface area contributed by atoms with Gasteiger partial charge in [0.05, 0.1) is 6.54 Å². The third-order valence-electron chi connectivity index (χ3n) is 5.34. The monoisotopic (exact) mass is 389 g/mol. The van der Waals surface area contributed by atoms with Crippen molar-refractivity contribution in [2.75, 3.05) is 13.1 Å². The van der Waals surface area contributed by atoms with Crippen LogP contribution in [0.2, 0.25) is 5.02 Å². The second-order valence-electron chi connectivity index (χ2n) is 7.07. The molecule has 2 fully saturated rings. The molecule has 0 bridgehead atoms. The highest BCUT2D eigenvalue weighted by Gasteiger charge is 2.51. The van der Waals surface area contributed by atoms with Crippen LogP contribution in [0.5, 0.6) is 0 Å². The number of nitrogens with zero attached hydrogens (tertiary/aromatic N) is 1. The number of hydrogen-bond donors (Lipinski definition) is 2. The number of rotatable bonds is 3. The van der Waals surface area contributed by atoms with Gasteiger partial charge in [0.1, 0.15) is 11.1 Å². The van der Waals surface area contributed by atoms with Crippen LogP contribution in [-0.2, 0) is 17.8 Å². The zero-order valence-electron chi connectivity index (χ0n) is 14.9. The van der Waals surface area contributed by atoms with Crippen molar-refractivity contribution < 1.29 is 14.0 Å². The maximum Gasteiger partial charge on any atom is 0.336 e. The molecular formula is C19H20ClN3O4. The highest BCUT2D eigenvalue weighted by molar-refractivity contribution is 6.32. The molecule has 2 aromatic rings. The molecule has 1 aromatic heterocycles. The number of carbonyl (C=O) groups excluding carboxylic acids is 2. The van der Waals surface area contributed by atoms with E-state index in [4.69, 9.17) is 16.0 Å². The lowest BCUT2D eigenvalue weighted by Gasteiger charge is -2.31. The molecule has 142 valence electrons. The first-order chi connectivity index (χ1) is 12.9. The summed E-state index contributed by atoms with van der Waals surface area (Å²) in [5.74, 6) is -0.266. The molecule has 8 heteroatoms. The number of aryl methyl sites for hydroxylation is 1. The smallest absolute Gasteiger partial charge is 0.336 e. The van der Waals surface area contributed by atoms with E-state index in [2.05, 4.69) is 10.6 Å². The van der Waals surface area contributed by atoms with E-state index in [1.807, 2.05) is 6.92 Å². The lowest BCUT2D eigenvalue weighted by molar-refractivity contribution is -0.132. The minimum Gasteiger partial charge on any atom is -0.423 e. The highest BCUT2D eigenvalue weighted by Crippen LogP contribution is 2.30. The molecule has 2 saturated heterocycles. The predicted octanol–water partition coefficient (Wildman–Crippen LogP) is 2.18. The fraction of sp³-hybridized carbons (Fsp3) is 0.421. The molecule has 0 aliphatic carbocycles. The molecule has 3 heterocycles. The molecule has 1 spiro atoms. The fourth-order valence-electron chi connectivity index (χ4n) is 3.88. The van der Waals surface area contributed by atoms with Crippen LogP contribution in [0, 0.1) is 0 Å². The van der Waals surface area contributed by atoms with Crippen molar-refractivity contribution in [3.63, 3.8) is 0 Å². The van der Waals surface area contributed by atoms with Crippen LogP contribution in [0.25, 0.3) is 11.0 Å². The molecule has 1 atom stereocenters. The minimum atomic E-state index is -0.891. The van der Waals surface area contributed by atoms with Gasteiger partial charge in [0, 0.05) is 23.0 Å². The van der Waals surface area contributed by atoms with Gasteiger partial charge >= 0.3 is 11.7 Å². The third kappa shape index (κ3) is 3.00. The van der Waals surface area contributed by atoms with Gasteiger partial charge in [0.25, 0.3) is 5.91 Å². The van der Waals surface area contributed by atoms with Crippen molar-refractivity contribution in [2.24, 2.45) is 0 Å². The van der Waals surface area contributed by atoms with Gasteiger partial charge in [-0.15, -0.1) is 0 Å². The van der Waals surface area contributed by atoms with Gasteiger partial charge in [-0.05, 0) is 49.1 Å². The number of carbonyl (C=O) groups is 2. The summed E-state index contributed by atoms with van der Waals surface area (Å²) >= 11 is 6.32. The number of piperidine rings is 1. The summed E-state index contributed by atoms with van der Waals surface area (Å²) in [4.78, 5) is 38.6. The topological polar surface area (TPSA) is 91.7 Å². The normalized spacial score (nSPS) is 22.7. The lowest BCUT2D eigenvalue weighted by Crippen LogP contribution is -2.57. The second-order valence-corrected chi connectivity index (χ2v) is 7.48. The van der Waals surface area contributed by atoms with Gasteiger partial charge in [-0.3, -0.25) is 9.69 Å². The van der Waals surface area contributed by atoms with Crippen LogP contribution >= 0.6 is 11.6 Å². The SMILES string of the molecule is CCc1cc2oc(=O)cc(CN3C(=O)NC4(CCCNC4)C3=O)c2cc1Cl. The number of halogens is 1. The Bertz CT molecular complexity index is 994. The van der Waals surface area contributed by atoms with Crippen molar-refractivity contribution in [1.82, 2.24) is 15.5 Å². The summed E-state index contributed by atoms with van der Waals surface area (Å²) in [5, 5.41) is 7.18. The zero-order chi connectivity index (χ0) is 19.2. The Labute approximate surface area is 160 Å². The van der Waals surface area contributed by atoms with Crippen molar-refractivity contribution in [2.45, 2.75) is 38.3 Å². The Morgan fingerprint density at radius 2 is 2.04 bits per heavy atom. The van der Waals surface area contributed by atoms with Crippen LogP contribution in [0.15, 0.2) is 27.4 Å². The first-order valence-electron chi connectivity index (χ1n) is 9.03. The highest BCUT2D eigenvalue weighted by atomic mass is 35.5. The maximum atomic E-state index is 13.0. The van der Waals surface area contributed by atoms with E-state index in [9.17, 15) is 14.4 Å². The minimum absolute atomic E-state index is 0.00365. The third-order valence-corrected chi connectivity index (χ3v) is 5.69. The van der Waals surface area contributed by atoms with Crippen molar-refractivity contribution in [1.29, 1.82) is 0 Å². The number of benzene rings is 1. The summed E-state index contributed by atoms with van der Waals surface area (Å²) in [7, 11) is 0. The van der Waals surface area contributed by atoms with Gasteiger partial charge in [0.15, 0.2) is 0 Å². The molecule has 1 aromatic carbocycles. The van der Waals surface area contributed by atoms with Gasteiger partial charge in [-0.2, -0.15) is 0 Å². The Morgan fingerprint density at radius 3 is 2.74 bits per heavy atom. The van der Waals surface area contributed by atoms with Gasteiger partial charge in [0.2, 0.25) is 0 Å². The Hall–Kier alpha value is -2.38. The average molecular weight is 390 g/mol. The van der Waals surface area contributed by atoms with Gasteiger partial charge < -0.3 is 15.1 Å². The first kappa shape index (κ1) is 18.0. The van der Waals surface area contributed by atoms with Crippen molar-refractivity contribution in [3.05, 3.63) is 44.8 Å². The molecule has 2 aliphatic rings. The number of imide groups is 1. The largest absolute Gasteiger partial charge is 0.423 e. The number of fused-ring (bicyclic) bond motifs is 1. The average Bonchev–Trinajstić information content (AvgIpc) is 2.86. The number of hydrogen-bond acceptors (Lipinski definition) is 5. The quantitative estimate of drug-likeness (QED) is 0.620. The molecule has 0 saturated carbocycles. The fourth-order valence-corrected chi connectivity index (χ4v) is 4.17. The van der Waals surface area contributed by atoms with E-state index in [0.29, 0.717) is 40.9 Å². The number of nitrogens with one attached hydrogen (secondary N) is 2. The summed E-state index contributed by atoms with van der Waals surface area (Å²) in [6.07, 6.45) is 2.11. The first-order valence-corrected chi connectivity index (χ1v) is 9.41.